The van der Waals surface area contributed by atoms with Crippen LogP contribution in [0.1, 0.15) is 34.1 Å². The molecule has 0 aliphatic carbocycles. The van der Waals surface area contributed by atoms with E-state index in [4.69, 9.17) is 22.7 Å². The van der Waals surface area contributed by atoms with Crippen molar-refractivity contribution in [1.29, 1.82) is 0 Å². The van der Waals surface area contributed by atoms with Crippen molar-refractivity contribution in [1.82, 2.24) is 5.32 Å². The lowest BCUT2D eigenvalue weighted by Gasteiger charge is -2.23. The number of alkyl carbamates (subject to hydrolysis) is 1. The first kappa shape index (κ1) is 19.2. The molecule has 4 N–H and O–H groups in total. The van der Waals surface area contributed by atoms with E-state index in [2.05, 4.69) is 10.1 Å². The molecule has 1 amide bonds. The first-order valence-electron chi connectivity index (χ1n) is 6.23. The second-order valence-electron chi connectivity index (χ2n) is 5.35. The highest BCUT2D eigenvalue weighted by molar-refractivity contribution is 7.80. The van der Waals surface area contributed by atoms with Crippen LogP contribution in [0.5, 0.6) is 0 Å². The highest BCUT2D eigenvalue weighted by Crippen LogP contribution is 2.13. The lowest BCUT2D eigenvalue weighted by Crippen LogP contribution is -2.44. The Balaban J connectivity index is 5.07. The number of nitrogens with two attached hydrogens (primary N) is 1. The van der Waals surface area contributed by atoms with Gasteiger partial charge in [0.15, 0.2) is 0 Å². The van der Waals surface area contributed by atoms with Crippen molar-refractivity contribution in [2.45, 2.75) is 45.8 Å². The Kier molecular flexibility index (Phi) is 7.14. The van der Waals surface area contributed by atoms with E-state index < -0.39 is 23.7 Å². The van der Waals surface area contributed by atoms with Crippen molar-refractivity contribution in [2.75, 3.05) is 7.11 Å². The van der Waals surface area contributed by atoms with Gasteiger partial charge in [0.25, 0.3) is 0 Å². The maximum atomic E-state index is 11.7. The largest absolute Gasteiger partial charge is 0.512 e. The van der Waals surface area contributed by atoms with Crippen molar-refractivity contribution >= 4 is 29.3 Å². The van der Waals surface area contributed by atoms with E-state index >= 15 is 0 Å². The minimum absolute atomic E-state index is 0.0603. The number of nitrogens with one attached hydrogen (secondary N) is 1. The van der Waals surface area contributed by atoms with Gasteiger partial charge in [-0.05, 0) is 27.7 Å². The van der Waals surface area contributed by atoms with Crippen LogP contribution in [0.2, 0.25) is 0 Å². The van der Waals surface area contributed by atoms with Gasteiger partial charge in [-0.2, -0.15) is 0 Å². The van der Waals surface area contributed by atoms with Crippen molar-refractivity contribution in [3.8, 4) is 0 Å². The molecule has 0 radical (unpaired) electrons. The topological polar surface area (TPSA) is 111 Å². The zero-order chi connectivity index (χ0) is 16.8. The number of hydrogen-bond donors (Lipinski definition) is 3. The number of amides is 1. The van der Waals surface area contributed by atoms with E-state index in [1.54, 1.807) is 20.8 Å². The molecule has 0 rings (SSSR count). The number of carbonyl (C=O) groups is 2. The van der Waals surface area contributed by atoms with E-state index in [0.29, 0.717) is 0 Å². The summed E-state index contributed by atoms with van der Waals surface area (Å²) in [6, 6.07) is -1.07. The molecule has 0 heterocycles. The van der Waals surface area contributed by atoms with E-state index in [1.165, 1.54) is 14.0 Å². The molecular weight excluding hydrogens is 296 g/mol. The fraction of sp³-hybridized carbons (Fsp3) is 0.615. The van der Waals surface area contributed by atoms with Gasteiger partial charge in [-0.25, -0.2) is 9.59 Å². The zero-order valence-electron chi connectivity index (χ0n) is 12.9. The third kappa shape index (κ3) is 7.50. The van der Waals surface area contributed by atoms with Gasteiger partial charge in [-0.3, -0.25) is 0 Å². The number of rotatable bonds is 5. The van der Waals surface area contributed by atoms with E-state index in [0.717, 1.165) is 0 Å². The Bertz CT molecular complexity index is 450. The minimum Gasteiger partial charge on any atom is -0.512 e. The quantitative estimate of drug-likeness (QED) is 0.305. The van der Waals surface area contributed by atoms with Crippen LogP contribution in [0, 0.1) is 0 Å². The fourth-order valence-electron chi connectivity index (χ4n) is 1.42. The average Bonchev–Trinajstić information content (AvgIpc) is 2.29. The summed E-state index contributed by atoms with van der Waals surface area (Å²) in [6.45, 7) is 6.46. The van der Waals surface area contributed by atoms with Gasteiger partial charge < -0.3 is 25.6 Å². The number of allylic oxidation sites excluding steroid dienone is 1. The third-order valence-corrected chi connectivity index (χ3v) is 2.57. The van der Waals surface area contributed by atoms with E-state index in [9.17, 15) is 14.7 Å². The highest BCUT2D eigenvalue weighted by atomic mass is 32.1. The summed E-state index contributed by atoms with van der Waals surface area (Å²) in [5.41, 5.74) is 4.96. The summed E-state index contributed by atoms with van der Waals surface area (Å²) in [5, 5.41) is 11.9. The van der Waals surface area contributed by atoms with Crippen LogP contribution in [-0.4, -0.2) is 40.9 Å². The number of aliphatic hydroxyl groups is 1. The summed E-state index contributed by atoms with van der Waals surface area (Å²) in [4.78, 5) is 23.4. The fourth-order valence-corrected chi connectivity index (χ4v) is 1.65. The maximum absolute atomic E-state index is 11.7. The predicted octanol–water partition coefficient (Wildman–Crippen LogP) is 1.56. The number of ether oxygens (including phenoxy) is 2. The molecule has 0 saturated heterocycles. The molecule has 21 heavy (non-hydrogen) atoms. The first-order chi connectivity index (χ1) is 9.47. The van der Waals surface area contributed by atoms with Crippen LogP contribution in [0.25, 0.3) is 0 Å². The molecule has 0 aliphatic heterocycles. The van der Waals surface area contributed by atoms with Crippen LogP contribution >= 0.6 is 12.2 Å². The molecule has 0 spiro atoms. The Hall–Kier alpha value is -1.83. The normalized spacial score (nSPS) is 13.8. The molecule has 0 aromatic heterocycles. The smallest absolute Gasteiger partial charge is 0.408 e. The van der Waals surface area contributed by atoms with Gasteiger partial charge in [0.1, 0.15) is 16.6 Å². The summed E-state index contributed by atoms with van der Waals surface area (Å²) in [5.74, 6) is -0.821. The Morgan fingerprint density at radius 3 is 2.24 bits per heavy atom. The molecule has 1 unspecified atom stereocenters. The number of aliphatic hydroxyl groups excluding tert-OH is 1. The number of esters is 1. The molecule has 0 aromatic carbocycles. The zero-order valence-corrected chi connectivity index (χ0v) is 13.7. The third-order valence-electron chi connectivity index (χ3n) is 2.32. The molecule has 120 valence electrons. The first-order valence-corrected chi connectivity index (χ1v) is 6.64. The van der Waals surface area contributed by atoms with Crippen molar-refractivity contribution in [2.24, 2.45) is 5.73 Å². The minimum atomic E-state index is -1.07. The van der Waals surface area contributed by atoms with Gasteiger partial charge in [0, 0.05) is 12.0 Å². The number of carbonyl (C=O) groups excluding carboxylic acids is 2. The Morgan fingerprint density at radius 1 is 1.38 bits per heavy atom. The predicted molar refractivity (Wildman–Crippen MR) is 81.9 cm³/mol. The number of methoxy groups -OCH3 is 1. The molecule has 8 heteroatoms. The van der Waals surface area contributed by atoms with Crippen molar-refractivity contribution in [3.05, 3.63) is 11.3 Å². The second-order valence-corrected chi connectivity index (χ2v) is 5.79. The van der Waals surface area contributed by atoms with Crippen LogP contribution in [0.3, 0.4) is 0 Å². The lowest BCUT2D eigenvalue weighted by atomic mass is 10.1. The molecule has 0 saturated carbocycles. The van der Waals surface area contributed by atoms with Gasteiger partial charge in [-0.15, -0.1) is 0 Å². The molecule has 0 fully saturated rings. The number of thiocarbonyl (C=S) groups is 1. The van der Waals surface area contributed by atoms with Crippen LogP contribution in [0.15, 0.2) is 11.3 Å². The summed E-state index contributed by atoms with van der Waals surface area (Å²) >= 11 is 4.80. The molecule has 0 aromatic rings. The lowest BCUT2D eigenvalue weighted by molar-refractivity contribution is -0.143. The summed E-state index contributed by atoms with van der Waals surface area (Å²) in [7, 11) is 1.18. The van der Waals surface area contributed by atoms with Crippen molar-refractivity contribution in [3.63, 3.8) is 0 Å². The van der Waals surface area contributed by atoms with E-state index in [-0.39, 0.29) is 22.7 Å². The monoisotopic (exact) mass is 318 g/mol. The van der Waals surface area contributed by atoms with Crippen LogP contribution in [0.4, 0.5) is 4.79 Å². The molecular formula is C13H22N2O5S. The molecule has 1 atom stereocenters. The van der Waals surface area contributed by atoms with Crippen LogP contribution < -0.4 is 11.1 Å². The van der Waals surface area contributed by atoms with Crippen molar-refractivity contribution < 1.29 is 24.2 Å². The summed E-state index contributed by atoms with van der Waals surface area (Å²) < 4.78 is 9.67. The van der Waals surface area contributed by atoms with Gasteiger partial charge in [0.2, 0.25) is 0 Å². The van der Waals surface area contributed by atoms with Gasteiger partial charge in [0.05, 0.1) is 12.9 Å². The van der Waals surface area contributed by atoms with Crippen LogP contribution in [-0.2, 0) is 14.3 Å². The second kappa shape index (κ2) is 7.82. The summed E-state index contributed by atoms with van der Waals surface area (Å²) in [6.07, 6.45) is -0.875. The van der Waals surface area contributed by atoms with E-state index in [1.807, 2.05) is 0 Å². The molecule has 7 nitrogen and oxygen atoms in total. The standard InChI is InChI=1S/C13H22N2O5S/c1-7(16)8(10(14)21)6-9(11(17)19-5)15-12(18)20-13(2,3)4/h9,16H,6H2,1-5H3,(H2,14,21)(H,15,18)/b8-7-. The maximum Gasteiger partial charge on any atom is 0.408 e. The van der Waals surface area contributed by atoms with Gasteiger partial charge >= 0.3 is 12.1 Å². The van der Waals surface area contributed by atoms with Gasteiger partial charge in [-0.1, -0.05) is 12.2 Å². The SMILES string of the molecule is COC(=O)C(C/C(C(N)=S)=C(\C)O)NC(=O)OC(C)(C)C. The Morgan fingerprint density at radius 2 is 1.90 bits per heavy atom. The Labute approximate surface area is 129 Å². The molecule has 0 bridgehead atoms. The molecule has 0 aliphatic rings. The average molecular weight is 318 g/mol. The highest BCUT2D eigenvalue weighted by Gasteiger charge is 2.27. The number of hydrogen-bond acceptors (Lipinski definition) is 6.